The Balaban J connectivity index is 1.32. The molecule has 0 aromatic heterocycles. The quantitative estimate of drug-likeness (QED) is 0.583. The number of hydrogen-bond donors (Lipinski definition) is 1. The molecule has 0 radical (unpaired) electrons. The molecule has 1 fully saturated rings. The molecule has 1 aliphatic heterocycles. The van der Waals surface area contributed by atoms with Gasteiger partial charge in [-0.2, -0.15) is 0 Å². The molecule has 1 heterocycles. The van der Waals surface area contributed by atoms with Gasteiger partial charge in [0.05, 0.1) is 32.8 Å². The van der Waals surface area contributed by atoms with Crippen LogP contribution in [-0.4, -0.2) is 58.0 Å². The highest BCUT2D eigenvalue weighted by atomic mass is 16.5. The minimum Gasteiger partial charge on any atom is -0.494 e. The Hall–Kier alpha value is -3.26. The minimum atomic E-state index is -0.497. The van der Waals surface area contributed by atoms with Gasteiger partial charge in [-0.25, -0.2) is 0 Å². The van der Waals surface area contributed by atoms with Crippen LogP contribution in [0.15, 0.2) is 48.5 Å². The van der Waals surface area contributed by atoms with Crippen LogP contribution in [-0.2, 0) is 19.1 Å². The summed E-state index contributed by atoms with van der Waals surface area (Å²) in [6.45, 7) is 5.47. The van der Waals surface area contributed by atoms with E-state index in [-0.39, 0.29) is 25.5 Å². The van der Waals surface area contributed by atoms with Gasteiger partial charge < -0.3 is 29.2 Å². The molecule has 0 unspecified atom stereocenters. The molecule has 0 atom stereocenters. The molecule has 1 N–H and O–H groups in total. The molecular weight excluding hydrogens is 400 g/mol. The maximum absolute atomic E-state index is 12.0. The lowest BCUT2D eigenvalue weighted by atomic mass is 10.2. The van der Waals surface area contributed by atoms with Gasteiger partial charge in [-0.1, -0.05) is 0 Å². The van der Waals surface area contributed by atoms with Crippen LogP contribution in [0.1, 0.15) is 13.3 Å². The van der Waals surface area contributed by atoms with Crippen LogP contribution < -0.4 is 19.7 Å². The fraction of sp³-hybridized carbons (Fsp3) is 0.391. The first kappa shape index (κ1) is 22.4. The maximum Gasteiger partial charge on any atom is 0.309 e. The fourth-order valence-corrected chi connectivity index (χ4v) is 3.04. The first-order valence-corrected chi connectivity index (χ1v) is 10.4. The third-order valence-corrected chi connectivity index (χ3v) is 4.60. The van der Waals surface area contributed by atoms with E-state index in [1.54, 1.807) is 24.3 Å². The topological polar surface area (TPSA) is 86.3 Å². The van der Waals surface area contributed by atoms with Crippen LogP contribution in [0.5, 0.6) is 11.5 Å². The average molecular weight is 428 g/mol. The number of morpholine rings is 1. The van der Waals surface area contributed by atoms with Crippen molar-refractivity contribution in [3.63, 3.8) is 0 Å². The predicted molar refractivity (Wildman–Crippen MR) is 117 cm³/mol. The van der Waals surface area contributed by atoms with E-state index < -0.39 is 5.97 Å². The summed E-state index contributed by atoms with van der Waals surface area (Å²) in [5, 5.41) is 2.72. The number of benzene rings is 2. The highest BCUT2D eigenvalue weighted by Gasteiger charge is 2.12. The summed E-state index contributed by atoms with van der Waals surface area (Å²) in [4.78, 5) is 26.1. The molecule has 0 saturated carbocycles. The molecule has 166 valence electrons. The van der Waals surface area contributed by atoms with Gasteiger partial charge >= 0.3 is 5.97 Å². The number of hydrogen-bond acceptors (Lipinski definition) is 7. The average Bonchev–Trinajstić information content (AvgIpc) is 2.80. The zero-order valence-corrected chi connectivity index (χ0v) is 17.7. The maximum atomic E-state index is 12.0. The van der Waals surface area contributed by atoms with Crippen LogP contribution in [0.3, 0.4) is 0 Å². The van der Waals surface area contributed by atoms with Crippen molar-refractivity contribution < 1.29 is 28.5 Å². The number of nitrogens with zero attached hydrogens (tertiary/aromatic N) is 1. The Morgan fingerprint density at radius 2 is 1.61 bits per heavy atom. The molecule has 1 saturated heterocycles. The summed E-state index contributed by atoms with van der Waals surface area (Å²) in [6.07, 6.45) is 0.0503. The monoisotopic (exact) mass is 428 g/mol. The summed E-state index contributed by atoms with van der Waals surface area (Å²) < 4.78 is 21.2. The number of anilines is 2. The first-order valence-electron chi connectivity index (χ1n) is 10.4. The van der Waals surface area contributed by atoms with E-state index in [0.717, 1.165) is 37.7 Å². The van der Waals surface area contributed by atoms with Gasteiger partial charge in [0.2, 0.25) is 0 Å². The number of ether oxygens (including phenoxy) is 4. The SMILES string of the molecule is CCOc1ccc(OCCC(=O)OCC(=O)Nc2ccc(N3CCOCC3)cc2)cc1. The molecule has 0 spiro atoms. The van der Waals surface area contributed by atoms with E-state index in [9.17, 15) is 9.59 Å². The Kier molecular flexibility index (Phi) is 8.54. The van der Waals surface area contributed by atoms with Crippen molar-refractivity contribution >= 4 is 23.3 Å². The number of rotatable bonds is 10. The Bertz CT molecular complexity index is 832. The van der Waals surface area contributed by atoms with Crippen molar-refractivity contribution in [2.24, 2.45) is 0 Å². The van der Waals surface area contributed by atoms with Gasteiger partial charge in [0.15, 0.2) is 6.61 Å². The van der Waals surface area contributed by atoms with Crippen LogP contribution >= 0.6 is 0 Å². The smallest absolute Gasteiger partial charge is 0.309 e. The standard InChI is InChI=1S/C23H28N2O6/c1-2-29-20-7-9-21(10-8-20)30-14-11-23(27)31-17-22(26)24-18-3-5-19(6-4-18)25-12-15-28-16-13-25/h3-10H,2,11-17H2,1H3,(H,24,26). The molecule has 8 heteroatoms. The number of carbonyl (C=O) groups excluding carboxylic acids is 2. The van der Waals surface area contributed by atoms with E-state index in [4.69, 9.17) is 18.9 Å². The van der Waals surface area contributed by atoms with Crippen molar-refractivity contribution in [3.05, 3.63) is 48.5 Å². The molecule has 2 aromatic rings. The Labute approximate surface area is 182 Å². The number of carbonyl (C=O) groups is 2. The van der Waals surface area contributed by atoms with Crippen LogP contribution in [0.4, 0.5) is 11.4 Å². The van der Waals surface area contributed by atoms with E-state index >= 15 is 0 Å². The molecule has 1 aliphatic rings. The largest absolute Gasteiger partial charge is 0.494 e. The van der Waals surface area contributed by atoms with Crippen molar-refractivity contribution in [1.82, 2.24) is 0 Å². The molecule has 3 rings (SSSR count). The molecular formula is C23H28N2O6. The lowest BCUT2D eigenvalue weighted by Crippen LogP contribution is -2.36. The second-order valence-corrected chi connectivity index (χ2v) is 6.86. The lowest BCUT2D eigenvalue weighted by molar-refractivity contribution is -0.147. The van der Waals surface area contributed by atoms with Crippen molar-refractivity contribution in [2.45, 2.75) is 13.3 Å². The fourth-order valence-electron chi connectivity index (χ4n) is 3.04. The molecule has 1 amide bonds. The molecule has 0 bridgehead atoms. The van der Waals surface area contributed by atoms with Gasteiger partial charge in [-0.15, -0.1) is 0 Å². The third-order valence-electron chi connectivity index (χ3n) is 4.60. The summed E-state index contributed by atoms with van der Waals surface area (Å²) in [5.74, 6) is 0.509. The van der Waals surface area contributed by atoms with Gasteiger partial charge in [-0.05, 0) is 55.5 Å². The zero-order chi connectivity index (χ0) is 21.9. The second-order valence-electron chi connectivity index (χ2n) is 6.86. The second kappa shape index (κ2) is 11.8. The van der Waals surface area contributed by atoms with Crippen molar-refractivity contribution in [2.75, 3.05) is 56.3 Å². The van der Waals surface area contributed by atoms with E-state index in [1.165, 1.54) is 0 Å². The normalized spacial score (nSPS) is 13.4. The molecule has 31 heavy (non-hydrogen) atoms. The van der Waals surface area contributed by atoms with Crippen LogP contribution in [0.25, 0.3) is 0 Å². The molecule has 2 aromatic carbocycles. The molecule has 0 aliphatic carbocycles. The van der Waals surface area contributed by atoms with Gasteiger partial charge in [-0.3, -0.25) is 9.59 Å². The predicted octanol–water partition coefficient (Wildman–Crippen LogP) is 2.87. The summed E-state index contributed by atoms with van der Waals surface area (Å²) >= 11 is 0. The number of amides is 1. The zero-order valence-electron chi connectivity index (χ0n) is 17.7. The van der Waals surface area contributed by atoms with Gasteiger partial charge in [0.1, 0.15) is 11.5 Å². The summed E-state index contributed by atoms with van der Waals surface area (Å²) in [5.41, 5.74) is 1.73. The Morgan fingerprint density at radius 3 is 2.26 bits per heavy atom. The van der Waals surface area contributed by atoms with E-state index in [1.807, 2.05) is 31.2 Å². The van der Waals surface area contributed by atoms with Crippen LogP contribution in [0.2, 0.25) is 0 Å². The van der Waals surface area contributed by atoms with Crippen LogP contribution in [0, 0.1) is 0 Å². The van der Waals surface area contributed by atoms with Gasteiger partial charge in [0.25, 0.3) is 5.91 Å². The minimum absolute atomic E-state index is 0.0503. The third kappa shape index (κ3) is 7.49. The first-order chi connectivity index (χ1) is 15.1. The Morgan fingerprint density at radius 1 is 0.968 bits per heavy atom. The van der Waals surface area contributed by atoms with Gasteiger partial charge in [0, 0.05) is 24.5 Å². The number of esters is 1. The van der Waals surface area contributed by atoms with E-state index in [0.29, 0.717) is 18.0 Å². The summed E-state index contributed by atoms with van der Waals surface area (Å²) in [7, 11) is 0. The van der Waals surface area contributed by atoms with Crippen molar-refractivity contribution in [1.29, 1.82) is 0 Å². The highest BCUT2D eigenvalue weighted by molar-refractivity contribution is 5.92. The lowest BCUT2D eigenvalue weighted by Gasteiger charge is -2.28. The summed E-state index contributed by atoms with van der Waals surface area (Å²) in [6, 6.07) is 14.7. The number of nitrogens with one attached hydrogen (secondary N) is 1. The van der Waals surface area contributed by atoms with Crippen molar-refractivity contribution in [3.8, 4) is 11.5 Å². The van der Waals surface area contributed by atoms with E-state index in [2.05, 4.69) is 10.2 Å². The molecule has 8 nitrogen and oxygen atoms in total. The highest BCUT2D eigenvalue weighted by Crippen LogP contribution is 2.19.